The standard InChI is InChI=1S/C16H26O8/c1-2-3-5-10(14(19)20)8-9-12(16(23)24)11(15(21)22)6-4-7-13(17)18/h10-12H,2-9H2,1H3,(H,17,18)(H,19,20)(H,21,22)(H,23,24). The van der Waals surface area contributed by atoms with Crippen LogP contribution in [0.15, 0.2) is 0 Å². The molecule has 0 aliphatic heterocycles. The van der Waals surface area contributed by atoms with Crippen molar-refractivity contribution in [3.63, 3.8) is 0 Å². The molecule has 8 heteroatoms. The molecular formula is C16H26O8. The fourth-order valence-electron chi connectivity index (χ4n) is 2.69. The Morgan fingerprint density at radius 3 is 1.67 bits per heavy atom. The lowest BCUT2D eigenvalue weighted by atomic mass is 9.82. The van der Waals surface area contributed by atoms with Gasteiger partial charge < -0.3 is 20.4 Å². The molecule has 0 radical (unpaired) electrons. The van der Waals surface area contributed by atoms with E-state index < -0.39 is 41.6 Å². The second kappa shape index (κ2) is 11.4. The predicted molar refractivity (Wildman–Crippen MR) is 83.6 cm³/mol. The van der Waals surface area contributed by atoms with Crippen LogP contribution in [0.5, 0.6) is 0 Å². The van der Waals surface area contributed by atoms with Crippen LogP contribution in [0.1, 0.15) is 58.3 Å². The Morgan fingerprint density at radius 1 is 0.708 bits per heavy atom. The zero-order valence-corrected chi connectivity index (χ0v) is 13.8. The zero-order valence-electron chi connectivity index (χ0n) is 13.8. The van der Waals surface area contributed by atoms with Gasteiger partial charge in [-0.2, -0.15) is 0 Å². The summed E-state index contributed by atoms with van der Waals surface area (Å²) in [5.41, 5.74) is 0. The van der Waals surface area contributed by atoms with E-state index in [1.807, 2.05) is 6.92 Å². The molecule has 0 bridgehead atoms. The largest absolute Gasteiger partial charge is 0.481 e. The van der Waals surface area contributed by atoms with Crippen LogP contribution in [0.4, 0.5) is 0 Å². The molecule has 3 atom stereocenters. The van der Waals surface area contributed by atoms with Crippen molar-refractivity contribution in [1.29, 1.82) is 0 Å². The number of hydrogen-bond donors (Lipinski definition) is 4. The third-order valence-corrected chi connectivity index (χ3v) is 4.11. The number of carbonyl (C=O) groups is 4. The molecule has 0 aromatic carbocycles. The summed E-state index contributed by atoms with van der Waals surface area (Å²) in [5.74, 6) is -7.81. The molecule has 0 saturated heterocycles. The van der Waals surface area contributed by atoms with Gasteiger partial charge >= 0.3 is 23.9 Å². The van der Waals surface area contributed by atoms with E-state index in [9.17, 15) is 34.5 Å². The van der Waals surface area contributed by atoms with Crippen LogP contribution in [0.3, 0.4) is 0 Å². The normalized spacial score (nSPS) is 14.5. The van der Waals surface area contributed by atoms with Gasteiger partial charge in [0.05, 0.1) is 17.8 Å². The van der Waals surface area contributed by atoms with Gasteiger partial charge in [0, 0.05) is 6.42 Å². The van der Waals surface area contributed by atoms with Crippen molar-refractivity contribution >= 4 is 23.9 Å². The van der Waals surface area contributed by atoms with Crippen LogP contribution in [-0.4, -0.2) is 44.3 Å². The second-order valence-electron chi connectivity index (χ2n) is 5.93. The summed E-state index contributed by atoms with van der Waals surface area (Å²) < 4.78 is 0. The lowest BCUT2D eigenvalue weighted by Crippen LogP contribution is -2.31. The maximum atomic E-state index is 11.4. The van der Waals surface area contributed by atoms with Crippen molar-refractivity contribution in [1.82, 2.24) is 0 Å². The monoisotopic (exact) mass is 346 g/mol. The summed E-state index contributed by atoms with van der Waals surface area (Å²) in [5, 5.41) is 36.3. The third kappa shape index (κ3) is 8.50. The quantitative estimate of drug-likeness (QED) is 0.374. The van der Waals surface area contributed by atoms with E-state index in [4.69, 9.17) is 5.11 Å². The average molecular weight is 346 g/mol. The number of carboxylic acid groups (broad SMARTS) is 4. The number of carboxylic acids is 4. The first-order chi connectivity index (χ1) is 11.2. The minimum Gasteiger partial charge on any atom is -0.481 e. The first-order valence-electron chi connectivity index (χ1n) is 8.10. The summed E-state index contributed by atoms with van der Waals surface area (Å²) in [7, 11) is 0. The maximum absolute atomic E-state index is 11.4. The highest BCUT2D eigenvalue weighted by Crippen LogP contribution is 2.27. The summed E-state index contributed by atoms with van der Waals surface area (Å²) in [6, 6.07) is 0. The Kier molecular flexibility index (Phi) is 10.4. The first-order valence-corrected chi connectivity index (χ1v) is 8.10. The van der Waals surface area contributed by atoms with E-state index in [0.29, 0.717) is 12.8 Å². The molecule has 0 aliphatic rings. The van der Waals surface area contributed by atoms with Gasteiger partial charge in [0.2, 0.25) is 0 Å². The molecule has 4 N–H and O–H groups in total. The van der Waals surface area contributed by atoms with Gasteiger partial charge in [-0.1, -0.05) is 19.8 Å². The predicted octanol–water partition coefficient (Wildman–Crippen LogP) is 2.31. The molecule has 0 aliphatic carbocycles. The minimum absolute atomic E-state index is 0.0555. The Bertz CT molecular complexity index is 445. The van der Waals surface area contributed by atoms with Gasteiger partial charge in [-0.05, 0) is 32.1 Å². The summed E-state index contributed by atoms with van der Waals surface area (Å²) in [6.07, 6.45) is 1.75. The molecule has 0 saturated carbocycles. The number of rotatable bonds is 14. The van der Waals surface area contributed by atoms with Crippen molar-refractivity contribution in [3.8, 4) is 0 Å². The molecule has 0 aromatic rings. The van der Waals surface area contributed by atoms with Crippen LogP contribution in [-0.2, 0) is 19.2 Å². The first kappa shape index (κ1) is 21.9. The summed E-state index contributed by atoms with van der Waals surface area (Å²) in [6.45, 7) is 1.92. The average Bonchev–Trinajstić information content (AvgIpc) is 2.47. The number of unbranched alkanes of at least 4 members (excludes halogenated alkanes) is 1. The van der Waals surface area contributed by atoms with Crippen molar-refractivity contribution in [2.24, 2.45) is 17.8 Å². The summed E-state index contributed by atoms with van der Waals surface area (Å²) in [4.78, 5) is 44.5. The molecular weight excluding hydrogens is 320 g/mol. The third-order valence-electron chi connectivity index (χ3n) is 4.11. The summed E-state index contributed by atoms with van der Waals surface area (Å²) >= 11 is 0. The smallest absolute Gasteiger partial charge is 0.307 e. The molecule has 138 valence electrons. The fraction of sp³-hybridized carbons (Fsp3) is 0.750. The van der Waals surface area contributed by atoms with E-state index >= 15 is 0 Å². The van der Waals surface area contributed by atoms with Gasteiger partial charge in [-0.15, -0.1) is 0 Å². The van der Waals surface area contributed by atoms with Crippen molar-refractivity contribution in [2.45, 2.75) is 58.3 Å². The molecule has 0 rings (SSSR count). The Morgan fingerprint density at radius 2 is 1.25 bits per heavy atom. The van der Waals surface area contributed by atoms with Crippen LogP contribution in [0.2, 0.25) is 0 Å². The fourth-order valence-corrected chi connectivity index (χ4v) is 2.69. The zero-order chi connectivity index (χ0) is 18.7. The van der Waals surface area contributed by atoms with E-state index in [1.165, 1.54) is 0 Å². The highest BCUT2D eigenvalue weighted by Gasteiger charge is 2.34. The molecule has 0 aromatic heterocycles. The number of hydrogen-bond acceptors (Lipinski definition) is 4. The van der Waals surface area contributed by atoms with Crippen molar-refractivity contribution < 1.29 is 39.6 Å². The van der Waals surface area contributed by atoms with E-state index in [2.05, 4.69) is 0 Å². The van der Waals surface area contributed by atoms with Gasteiger partial charge in [0.1, 0.15) is 0 Å². The molecule has 0 heterocycles. The van der Waals surface area contributed by atoms with Crippen LogP contribution in [0, 0.1) is 17.8 Å². The lowest BCUT2D eigenvalue weighted by Gasteiger charge is -2.21. The Labute approximate surface area is 140 Å². The minimum atomic E-state index is -1.30. The van der Waals surface area contributed by atoms with E-state index in [0.717, 1.165) is 6.42 Å². The van der Waals surface area contributed by atoms with Crippen molar-refractivity contribution in [3.05, 3.63) is 0 Å². The van der Waals surface area contributed by atoms with Gasteiger partial charge in [-0.3, -0.25) is 19.2 Å². The van der Waals surface area contributed by atoms with Gasteiger partial charge in [0.15, 0.2) is 0 Å². The SMILES string of the molecule is CCCCC(CCC(C(=O)O)C(CCCC(=O)O)C(=O)O)C(=O)O. The second-order valence-corrected chi connectivity index (χ2v) is 5.93. The molecule has 0 spiro atoms. The molecule has 8 nitrogen and oxygen atoms in total. The highest BCUT2D eigenvalue weighted by atomic mass is 16.4. The van der Waals surface area contributed by atoms with Gasteiger partial charge in [0.25, 0.3) is 0 Å². The topological polar surface area (TPSA) is 149 Å². The Balaban J connectivity index is 4.88. The molecule has 24 heavy (non-hydrogen) atoms. The molecule has 3 unspecified atom stereocenters. The molecule has 0 amide bonds. The van der Waals surface area contributed by atoms with Crippen molar-refractivity contribution in [2.75, 3.05) is 0 Å². The maximum Gasteiger partial charge on any atom is 0.307 e. The van der Waals surface area contributed by atoms with Gasteiger partial charge in [-0.25, -0.2) is 0 Å². The van der Waals surface area contributed by atoms with Crippen LogP contribution in [0.25, 0.3) is 0 Å². The van der Waals surface area contributed by atoms with Crippen LogP contribution >= 0.6 is 0 Å². The number of aliphatic carboxylic acids is 4. The van der Waals surface area contributed by atoms with E-state index in [1.54, 1.807) is 0 Å². The van der Waals surface area contributed by atoms with Crippen LogP contribution < -0.4 is 0 Å². The highest BCUT2D eigenvalue weighted by molar-refractivity contribution is 5.80. The lowest BCUT2D eigenvalue weighted by molar-refractivity contribution is -0.155. The Hall–Kier alpha value is -2.12. The van der Waals surface area contributed by atoms with E-state index in [-0.39, 0.29) is 32.1 Å². The molecule has 0 fully saturated rings.